The largest absolute Gasteiger partial charge is 0.475 e. The molecule has 6 heteroatoms. The number of carbonyl (C=O) groups excluding carboxylic acids is 2. The molecule has 0 atom stereocenters. The fourth-order valence-corrected chi connectivity index (χ4v) is 1.82. The maximum absolute atomic E-state index is 11.9. The summed E-state index contributed by atoms with van der Waals surface area (Å²) in [4.78, 5) is 40.3. The van der Waals surface area contributed by atoms with Crippen molar-refractivity contribution >= 4 is 17.5 Å². The molecule has 20 heavy (non-hydrogen) atoms. The van der Waals surface area contributed by atoms with Gasteiger partial charge in [-0.05, 0) is 23.8 Å². The Bertz CT molecular complexity index is 646. The van der Waals surface area contributed by atoms with Crippen LogP contribution in [0.15, 0.2) is 36.7 Å². The van der Waals surface area contributed by atoms with Gasteiger partial charge < -0.3 is 10.1 Å². The summed E-state index contributed by atoms with van der Waals surface area (Å²) >= 11 is 0. The lowest BCUT2D eigenvalue weighted by atomic mass is 10.0. The first-order valence-electron chi connectivity index (χ1n) is 5.93. The van der Waals surface area contributed by atoms with Crippen molar-refractivity contribution in [3.05, 3.63) is 53.6 Å². The number of H-pyrrole nitrogens is 1. The van der Waals surface area contributed by atoms with Gasteiger partial charge in [0.2, 0.25) is 5.78 Å². The molecule has 0 unspecified atom stereocenters. The summed E-state index contributed by atoms with van der Waals surface area (Å²) in [5.74, 6) is -3.25. The average Bonchev–Trinajstić information content (AvgIpc) is 2.88. The van der Waals surface area contributed by atoms with E-state index in [1.165, 1.54) is 0 Å². The number of nitrogens with zero attached hydrogens (tertiary/aromatic N) is 1. The number of carboxylic acids is 1. The predicted octanol–water partition coefficient (Wildman–Crippen LogP) is 1.23. The lowest BCUT2D eigenvalue weighted by Gasteiger charge is -2.02. The number of Topliss-reactive ketones (excluding diaryl/α,β-unsaturated/α-hetero) is 2. The quantitative estimate of drug-likeness (QED) is 0.468. The SMILES string of the molecule is O=C(O)C(=O)CC(=O)c1[nH]ccc1Cc1ccccn1. The van der Waals surface area contributed by atoms with E-state index in [2.05, 4.69) is 9.97 Å². The molecule has 2 heterocycles. The lowest BCUT2D eigenvalue weighted by molar-refractivity contribution is -0.148. The van der Waals surface area contributed by atoms with Crippen LogP contribution < -0.4 is 0 Å². The van der Waals surface area contributed by atoms with Gasteiger partial charge in [-0.3, -0.25) is 14.6 Å². The van der Waals surface area contributed by atoms with Crippen molar-refractivity contribution in [1.82, 2.24) is 9.97 Å². The van der Waals surface area contributed by atoms with E-state index >= 15 is 0 Å². The number of nitrogens with one attached hydrogen (secondary N) is 1. The van der Waals surface area contributed by atoms with E-state index in [4.69, 9.17) is 5.11 Å². The Kier molecular flexibility index (Phi) is 4.05. The average molecular weight is 272 g/mol. The molecule has 0 aliphatic heterocycles. The van der Waals surface area contributed by atoms with Crippen molar-refractivity contribution in [1.29, 1.82) is 0 Å². The smallest absolute Gasteiger partial charge is 0.372 e. The molecule has 0 aromatic carbocycles. The molecule has 2 aromatic rings. The second kappa shape index (κ2) is 5.92. The molecule has 0 saturated carbocycles. The Morgan fingerprint density at radius 3 is 2.65 bits per heavy atom. The summed E-state index contributed by atoms with van der Waals surface area (Å²) in [6.45, 7) is 0. The Morgan fingerprint density at radius 1 is 1.20 bits per heavy atom. The van der Waals surface area contributed by atoms with Crippen LogP contribution in [-0.2, 0) is 16.0 Å². The summed E-state index contributed by atoms with van der Waals surface area (Å²) in [6.07, 6.45) is 3.02. The van der Waals surface area contributed by atoms with E-state index in [9.17, 15) is 14.4 Å². The maximum Gasteiger partial charge on any atom is 0.372 e. The number of hydrogen-bond donors (Lipinski definition) is 2. The van der Waals surface area contributed by atoms with Crippen molar-refractivity contribution < 1.29 is 19.5 Å². The first-order chi connectivity index (χ1) is 9.58. The van der Waals surface area contributed by atoms with Gasteiger partial charge in [-0.25, -0.2) is 4.79 Å². The molecule has 0 fully saturated rings. The van der Waals surface area contributed by atoms with Gasteiger partial charge in [0.25, 0.3) is 0 Å². The summed E-state index contributed by atoms with van der Waals surface area (Å²) in [7, 11) is 0. The first-order valence-corrected chi connectivity index (χ1v) is 5.93. The number of aromatic amines is 1. The number of carboxylic acid groups (broad SMARTS) is 1. The second-order valence-corrected chi connectivity index (χ2v) is 4.20. The molecular weight excluding hydrogens is 260 g/mol. The number of hydrogen-bond acceptors (Lipinski definition) is 4. The highest BCUT2D eigenvalue weighted by molar-refractivity contribution is 6.37. The zero-order chi connectivity index (χ0) is 14.5. The first kappa shape index (κ1) is 13.7. The zero-order valence-electron chi connectivity index (χ0n) is 10.5. The van der Waals surface area contributed by atoms with Crippen LogP contribution >= 0.6 is 0 Å². The van der Waals surface area contributed by atoms with Crippen molar-refractivity contribution in [3.8, 4) is 0 Å². The van der Waals surface area contributed by atoms with Gasteiger partial charge >= 0.3 is 5.97 Å². The monoisotopic (exact) mass is 272 g/mol. The van der Waals surface area contributed by atoms with Crippen LogP contribution in [-0.4, -0.2) is 32.6 Å². The van der Waals surface area contributed by atoms with Gasteiger partial charge in [0.1, 0.15) is 0 Å². The standard InChI is InChI=1S/C14H12N2O4/c17-11(8-12(18)14(19)20)13-9(4-6-16-13)7-10-3-1-2-5-15-10/h1-6,16H,7-8H2,(H,19,20). The summed E-state index contributed by atoms with van der Waals surface area (Å²) in [5, 5.41) is 8.51. The minimum Gasteiger partial charge on any atom is -0.475 e. The van der Waals surface area contributed by atoms with E-state index in [0.29, 0.717) is 12.0 Å². The molecular formula is C14H12N2O4. The normalized spacial score (nSPS) is 10.2. The minimum absolute atomic E-state index is 0.255. The molecule has 0 aliphatic carbocycles. The number of aliphatic carboxylic acids is 1. The van der Waals surface area contributed by atoms with E-state index < -0.39 is 24.0 Å². The van der Waals surface area contributed by atoms with Crippen LogP contribution in [0.3, 0.4) is 0 Å². The van der Waals surface area contributed by atoms with E-state index in [0.717, 1.165) is 5.69 Å². The topological polar surface area (TPSA) is 100 Å². The number of ketones is 2. The lowest BCUT2D eigenvalue weighted by Crippen LogP contribution is -2.18. The van der Waals surface area contributed by atoms with Crippen LogP contribution in [0.25, 0.3) is 0 Å². The highest BCUT2D eigenvalue weighted by Crippen LogP contribution is 2.14. The van der Waals surface area contributed by atoms with E-state index in [1.54, 1.807) is 24.5 Å². The Morgan fingerprint density at radius 2 is 2.00 bits per heavy atom. The highest BCUT2D eigenvalue weighted by atomic mass is 16.4. The van der Waals surface area contributed by atoms with Gasteiger partial charge in [0.15, 0.2) is 5.78 Å². The molecule has 0 saturated heterocycles. The van der Waals surface area contributed by atoms with Crippen LogP contribution in [0.1, 0.15) is 28.2 Å². The van der Waals surface area contributed by atoms with Gasteiger partial charge in [-0.1, -0.05) is 6.07 Å². The number of carbonyl (C=O) groups is 3. The molecule has 102 valence electrons. The predicted molar refractivity (Wildman–Crippen MR) is 69.4 cm³/mol. The molecule has 0 amide bonds. The molecule has 0 spiro atoms. The van der Waals surface area contributed by atoms with Gasteiger partial charge in [0.05, 0.1) is 12.1 Å². The second-order valence-electron chi connectivity index (χ2n) is 4.20. The zero-order valence-corrected chi connectivity index (χ0v) is 10.5. The van der Waals surface area contributed by atoms with Gasteiger partial charge in [-0.15, -0.1) is 0 Å². The van der Waals surface area contributed by atoms with E-state index in [-0.39, 0.29) is 5.69 Å². The molecule has 0 radical (unpaired) electrons. The highest BCUT2D eigenvalue weighted by Gasteiger charge is 2.20. The third-order valence-corrected chi connectivity index (χ3v) is 2.77. The van der Waals surface area contributed by atoms with Crippen LogP contribution in [0.2, 0.25) is 0 Å². The molecule has 2 N–H and O–H groups in total. The Hall–Kier alpha value is -2.76. The summed E-state index contributed by atoms with van der Waals surface area (Å²) in [5.41, 5.74) is 1.72. The maximum atomic E-state index is 11.9. The van der Waals surface area contributed by atoms with Crippen molar-refractivity contribution in [3.63, 3.8) is 0 Å². The number of rotatable bonds is 6. The summed E-state index contributed by atoms with van der Waals surface area (Å²) < 4.78 is 0. The molecule has 6 nitrogen and oxygen atoms in total. The third-order valence-electron chi connectivity index (χ3n) is 2.77. The molecule has 0 aliphatic rings. The van der Waals surface area contributed by atoms with Gasteiger partial charge in [0, 0.05) is 24.5 Å². The minimum atomic E-state index is -1.60. The van der Waals surface area contributed by atoms with Gasteiger partial charge in [-0.2, -0.15) is 0 Å². The Labute approximate surface area is 114 Å². The van der Waals surface area contributed by atoms with Crippen molar-refractivity contribution in [2.45, 2.75) is 12.8 Å². The number of pyridine rings is 1. The van der Waals surface area contributed by atoms with Crippen molar-refractivity contribution in [2.75, 3.05) is 0 Å². The van der Waals surface area contributed by atoms with Crippen LogP contribution in [0.5, 0.6) is 0 Å². The third kappa shape index (κ3) is 3.17. The fourth-order valence-electron chi connectivity index (χ4n) is 1.82. The summed E-state index contributed by atoms with van der Waals surface area (Å²) in [6, 6.07) is 7.17. The Balaban J connectivity index is 2.14. The van der Waals surface area contributed by atoms with Crippen molar-refractivity contribution in [2.24, 2.45) is 0 Å². The van der Waals surface area contributed by atoms with Crippen LogP contribution in [0, 0.1) is 0 Å². The fraction of sp³-hybridized carbons (Fsp3) is 0.143. The molecule has 2 aromatic heterocycles. The molecule has 2 rings (SSSR count). The van der Waals surface area contributed by atoms with Crippen LogP contribution in [0.4, 0.5) is 0 Å². The van der Waals surface area contributed by atoms with E-state index in [1.807, 2.05) is 12.1 Å². The molecule has 0 bridgehead atoms. The number of aromatic nitrogens is 2.